The van der Waals surface area contributed by atoms with Crippen molar-refractivity contribution in [3.63, 3.8) is 0 Å². The second-order valence-electron chi connectivity index (χ2n) is 4.48. The number of benzene rings is 1. The van der Waals surface area contributed by atoms with Crippen molar-refractivity contribution in [3.8, 4) is 0 Å². The average molecular weight is 310 g/mol. The molecule has 0 aliphatic carbocycles. The number of nitrogens with zero attached hydrogens (tertiary/aromatic N) is 1. The van der Waals surface area contributed by atoms with E-state index in [1.165, 1.54) is 18.9 Å². The summed E-state index contributed by atoms with van der Waals surface area (Å²) in [6, 6.07) is 7.78. The van der Waals surface area contributed by atoms with Crippen molar-refractivity contribution in [3.05, 3.63) is 35.6 Å². The molecule has 0 bridgehead atoms. The fraction of sp³-hybridized carbons (Fsp3) is 0.538. The monoisotopic (exact) mass is 309 g/mol. The Morgan fingerprint density at radius 3 is 2.65 bits per heavy atom. The Morgan fingerprint density at radius 1 is 1.41 bits per heavy atom. The summed E-state index contributed by atoms with van der Waals surface area (Å²) in [5.74, 6) is 0.700. The molecule has 0 spiro atoms. The van der Waals surface area contributed by atoms with E-state index in [1.807, 2.05) is 6.07 Å². The minimum absolute atomic E-state index is 0. The van der Waals surface area contributed by atoms with Crippen LogP contribution in [-0.2, 0) is 6.54 Å². The zero-order valence-electron chi connectivity index (χ0n) is 10.3. The molecule has 1 aliphatic heterocycles. The van der Waals surface area contributed by atoms with Crippen LogP contribution in [0.25, 0.3) is 0 Å². The van der Waals surface area contributed by atoms with E-state index in [0.717, 1.165) is 31.1 Å². The van der Waals surface area contributed by atoms with Crippen molar-refractivity contribution in [1.29, 1.82) is 0 Å². The largest absolute Gasteiger partial charge is 2.00 e. The van der Waals surface area contributed by atoms with Crippen molar-refractivity contribution >= 4 is 23.1 Å². The molecule has 1 aliphatic rings. The van der Waals surface area contributed by atoms with Gasteiger partial charge >= 0.3 is 23.1 Å². The van der Waals surface area contributed by atoms with Crippen LogP contribution < -0.4 is 17.0 Å². The molecule has 90 valence electrons. The van der Waals surface area contributed by atoms with Gasteiger partial charge in [0.1, 0.15) is 0 Å². The number of rotatable bonds is 2. The zero-order chi connectivity index (χ0) is 10.7. The first kappa shape index (κ1) is 17.4. The molecule has 1 nitrogen and oxygen atoms in total. The maximum Gasteiger partial charge on any atom is 2.00 e. The quantitative estimate of drug-likeness (QED) is 0.525. The maximum atomic E-state index is 13.4. The molecule has 17 heavy (non-hydrogen) atoms. The first-order chi connectivity index (χ1) is 7.25. The minimum Gasteiger partial charge on any atom is -1.00 e. The van der Waals surface area contributed by atoms with Crippen molar-refractivity contribution in [1.82, 2.24) is 4.90 Å². The predicted octanol–water partition coefficient (Wildman–Crippen LogP) is -0.519. The number of piperidine rings is 1. The van der Waals surface area contributed by atoms with Gasteiger partial charge in [0.25, 0.3) is 0 Å². The van der Waals surface area contributed by atoms with Gasteiger partial charge in [0.15, 0.2) is 0 Å². The third kappa shape index (κ3) is 5.24. The Balaban J connectivity index is 0.00000128. The van der Waals surface area contributed by atoms with Crippen LogP contribution in [0.15, 0.2) is 18.2 Å². The van der Waals surface area contributed by atoms with Crippen LogP contribution in [0.1, 0.15) is 25.3 Å². The second-order valence-corrected chi connectivity index (χ2v) is 4.48. The standard InChI is InChI=1S/C13H17FN.BrH.Mg/c1-11-6-8-15(9-7-11)10-12-4-2-3-5-13(12)14;;/h2,4-5,11H,6-10H2,1H3;1H;/q-1;;+2/p-1. The van der Waals surface area contributed by atoms with Crippen LogP contribution in [0.5, 0.6) is 0 Å². The Kier molecular flexibility index (Phi) is 8.63. The van der Waals surface area contributed by atoms with Crippen molar-refractivity contribution in [2.45, 2.75) is 26.3 Å². The molecular weight excluding hydrogens is 293 g/mol. The fourth-order valence-corrected chi connectivity index (χ4v) is 2.03. The third-order valence-corrected chi connectivity index (χ3v) is 3.17. The first-order valence-electron chi connectivity index (χ1n) is 5.62. The van der Waals surface area contributed by atoms with E-state index < -0.39 is 0 Å². The number of halogens is 2. The molecule has 1 heterocycles. The SMILES string of the molecule is CC1CCN(Cc2cc[c-]cc2F)CC1.[Br-].[Mg+2]. The molecule has 1 aromatic rings. The normalized spacial score (nSPS) is 17.1. The average Bonchev–Trinajstić information content (AvgIpc) is 2.25. The van der Waals surface area contributed by atoms with Gasteiger partial charge in [-0.25, -0.2) is 0 Å². The molecule has 0 radical (unpaired) electrons. The van der Waals surface area contributed by atoms with Gasteiger partial charge in [-0.1, -0.05) is 6.92 Å². The third-order valence-electron chi connectivity index (χ3n) is 3.17. The summed E-state index contributed by atoms with van der Waals surface area (Å²) in [6.07, 6.45) is 2.47. The molecule has 0 atom stereocenters. The summed E-state index contributed by atoms with van der Waals surface area (Å²) >= 11 is 0. The molecule has 0 aromatic heterocycles. The molecule has 1 aromatic carbocycles. The molecule has 4 heteroatoms. The van der Waals surface area contributed by atoms with Crippen LogP contribution in [0, 0.1) is 17.8 Å². The Labute approximate surface area is 130 Å². The fourth-order valence-electron chi connectivity index (χ4n) is 2.03. The molecule has 0 saturated carbocycles. The molecule has 1 fully saturated rings. The minimum atomic E-state index is -0.129. The first-order valence-corrected chi connectivity index (χ1v) is 5.62. The van der Waals surface area contributed by atoms with Gasteiger partial charge in [0.05, 0.1) is 0 Å². The summed E-state index contributed by atoms with van der Waals surface area (Å²) in [6.45, 7) is 5.22. The van der Waals surface area contributed by atoms with Crippen LogP contribution >= 0.6 is 0 Å². The summed E-state index contributed by atoms with van der Waals surface area (Å²) < 4.78 is 13.4. The van der Waals surface area contributed by atoms with Crippen LogP contribution in [-0.4, -0.2) is 41.0 Å². The van der Waals surface area contributed by atoms with E-state index >= 15 is 0 Å². The molecule has 0 amide bonds. The number of hydrogen-bond acceptors (Lipinski definition) is 1. The Morgan fingerprint density at radius 2 is 2.06 bits per heavy atom. The van der Waals surface area contributed by atoms with E-state index in [1.54, 1.807) is 6.07 Å². The van der Waals surface area contributed by atoms with Crippen molar-refractivity contribution < 1.29 is 21.4 Å². The van der Waals surface area contributed by atoms with E-state index in [-0.39, 0.29) is 45.9 Å². The van der Waals surface area contributed by atoms with Gasteiger partial charge in [-0.05, 0) is 31.8 Å². The molecule has 2 rings (SSSR count). The van der Waals surface area contributed by atoms with Gasteiger partial charge in [-0.15, -0.1) is 11.6 Å². The van der Waals surface area contributed by atoms with Crippen molar-refractivity contribution in [2.75, 3.05) is 13.1 Å². The van der Waals surface area contributed by atoms with Crippen molar-refractivity contribution in [2.24, 2.45) is 5.92 Å². The zero-order valence-corrected chi connectivity index (χ0v) is 13.3. The van der Waals surface area contributed by atoms with E-state index in [4.69, 9.17) is 0 Å². The molecule has 0 N–H and O–H groups in total. The summed E-state index contributed by atoms with van der Waals surface area (Å²) in [4.78, 5) is 2.33. The predicted molar refractivity (Wildman–Crippen MR) is 64.7 cm³/mol. The topological polar surface area (TPSA) is 3.24 Å². The van der Waals surface area contributed by atoms with Crippen LogP contribution in [0.4, 0.5) is 4.39 Å². The summed E-state index contributed by atoms with van der Waals surface area (Å²) in [7, 11) is 0. The molecule has 0 unspecified atom stereocenters. The van der Waals surface area contributed by atoms with Crippen LogP contribution in [0.3, 0.4) is 0 Å². The van der Waals surface area contributed by atoms with Gasteiger partial charge in [0.2, 0.25) is 0 Å². The second kappa shape index (κ2) is 8.46. The van der Waals surface area contributed by atoms with Gasteiger partial charge in [0, 0.05) is 12.4 Å². The molecule has 1 saturated heterocycles. The van der Waals surface area contributed by atoms with Gasteiger partial charge < -0.3 is 21.9 Å². The van der Waals surface area contributed by atoms with E-state index in [2.05, 4.69) is 17.9 Å². The van der Waals surface area contributed by atoms with Gasteiger partial charge in [-0.3, -0.25) is 4.39 Å². The Bertz CT molecular complexity index is 327. The number of likely N-dealkylation sites (tertiary alicyclic amines) is 1. The maximum absolute atomic E-state index is 13.4. The number of hydrogen-bond donors (Lipinski definition) is 0. The van der Waals surface area contributed by atoms with Gasteiger partial charge in [-0.2, -0.15) is 18.2 Å². The van der Waals surface area contributed by atoms with Crippen LogP contribution in [0.2, 0.25) is 0 Å². The van der Waals surface area contributed by atoms with E-state index in [9.17, 15) is 4.39 Å². The summed E-state index contributed by atoms with van der Waals surface area (Å²) in [5, 5.41) is 0. The smallest absolute Gasteiger partial charge is 1.00 e. The summed E-state index contributed by atoms with van der Waals surface area (Å²) in [5.41, 5.74) is 0.795. The molecular formula is C13H17BrFMgN. The Hall–Kier alpha value is 0.356. The van der Waals surface area contributed by atoms with E-state index in [0.29, 0.717) is 0 Å².